The third-order valence-corrected chi connectivity index (χ3v) is 1.66. The van der Waals surface area contributed by atoms with Crippen LogP contribution >= 0.6 is 12.6 Å². The standard InChI is InChI=1S/C6H15NOS/c1-5(8)2-3-6(7)4-9/h5-6,8-9H,2-4,7H2,1H3. The molecule has 0 aliphatic rings. The smallest absolute Gasteiger partial charge is 0.0512 e. The Morgan fingerprint density at radius 3 is 2.44 bits per heavy atom. The second-order valence-corrected chi connectivity index (χ2v) is 2.73. The fraction of sp³-hybridized carbons (Fsp3) is 1.00. The molecular formula is C6H15NOS. The maximum atomic E-state index is 8.82. The van der Waals surface area contributed by atoms with Crippen LogP contribution in [0.4, 0.5) is 0 Å². The fourth-order valence-corrected chi connectivity index (χ4v) is 0.729. The minimum Gasteiger partial charge on any atom is -0.393 e. The maximum Gasteiger partial charge on any atom is 0.0512 e. The number of rotatable bonds is 4. The summed E-state index contributed by atoms with van der Waals surface area (Å²) >= 11 is 4.01. The summed E-state index contributed by atoms with van der Waals surface area (Å²) in [5, 5.41) is 8.82. The Morgan fingerprint density at radius 1 is 1.56 bits per heavy atom. The molecule has 2 atom stereocenters. The van der Waals surface area contributed by atoms with Crippen LogP contribution in [-0.4, -0.2) is 23.0 Å². The maximum absolute atomic E-state index is 8.82. The van der Waals surface area contributed by atoms with Crippen molar-refractivity contribution in [3.63, 3.8) is 0 Å². The van der Waals surface area contributed by atoms with Crippen molar-refractivity contribution in [2.75, 3.05) is 5.75 Å². The van der Waals surface area contributed by atoms with Gasteiger partial charge < -0.3 is 10.8 Å². The van der Waals surface area contributed by atoms with Crippen molar-refractivity contribution in [3.05, 3.63) is 0 Å². The molecular weight excluding hydrogens is 134 g/mol. The summed E-state index contributed by atoms with van der Waals surface area (Å²) in [4.78, 5) is 0. The molecule has 0 amide bonds. The van der Waals surface area contributed by atoms with Crippen LogP contribution in [0.5, 0.6) is 0 Å². The van der Waals surface area contributed by atoms with E-state index in [1.807, 2.05) is 0 Å². The molecule has 0 radical (unpaired) electrons. The van der Waals surface area contributed by atoms with E-state index in [0.29, 0.717) is 5.75 Å². The molecule has 0 saturated carbocycles. The number of hydrogen-bond acceptors (Lipinski definition) is 3. The Labute approximate surface area is 61.9 Å². The van der Waals surface area contributed by atoms with E-state index in [1.165, 1.54) is 0 Å². The third-order valence-electron chi connectivity index (χ3n) is 1.19. The van der Waals surface area contributed by atoms with Crippen LogP contribution in [0.1, 0.15) is 19.8 Å². The lowest BCUT2D eigenvalue weighted by Gasteiger charge is -2.08. The van der Waals surface area contributed by atoms with Crippen LogP contribution in [0.3, 0.4) is 0 Å². The average Bonchev–Trinajstić information content (AvgIpc) is 1.83. The minimum atomic E-state index is -0.226. The lowest BCUT2D eigenvalue weighted by Crippen LogP contribution is -2.23. The molecule has 0 aromatic heterocycles. The van der Waals surface area contributed by atoms with Gasteiger partial charge in [-0.15, -0.1) is 0 Å². The van der Waals surface area contributed by atoms with E-state index in [1.54, 1.807) is 6.92 Å². The molecule has 0 aromatic rings. The second kappa shape index (κ2) is 5.09. The van der Waals surface area contributed by atoms with E-state index in [2.05, 4.69) is 12.6 Å². The molecule has 9 heavy (non-hydrogen) atoms. The minimum absolute atomic E-state index is 0.142. The zero-order chi connectivity index (χ0) is 7.28. The summed E-state index contributed by atoms with van der Waals surface area (Å²) in [7, 11) is 0. The number of hydrogen-bond donors (Lipinski definition) is 3. The third kappa shape index (κ3) is 6.15. The molecule has 0 aromatic carbocycles. The van der Waals surface area contributed by atoms with E-state index >= 15 is 0 Å². The lowest BCUT2D eigenvalue weighted by molar-refractivity contribution is 0.179. The Morgan fingerprint density at radius 2 is 2.11 bits per heavy atom. The van der Waals surface area contributed by atoms with Gasteiger partial charge in [0, 0.05) is 11.8 Å². The van der Waals surface area contributed by atoms with Crippen molar-refractivity contribution in [2.45, 2.75) is 31.9 Å². The van der Waals surface area contributed by atoms with E-state index in [-0.39, 0.29) is 12.1 Å². The largest absolute Gasteiger partial charge is 0.393 e. The highest BCUT2D eigenvalue weighted by Crippen LogP contribution is 1.99. The fourth-order valence-electron chi connectivity index (χ4n) is 0.547. The molecule has 0 fully saturated rings. The zero-order valence-electron chi connectivity index (χ0n) is 5.75. The van der Waals surface area contributed by atoms with Crippen molar-refractivity contribution in [1.29, 1.82) is 0 Å². The molecule has 0 aliphatic heterocycles. The van der Waals surface area contributed by atoms with Crippen LogP contribution in [0.25, 0.3) is 0 Å². The summed E-state index contributed by atoms with van der Waals surface area (Å²) in [6, 6.07) is 0.142. The number of aliphatic hydroxyl groups excluding tert-OH is 1. The highest BCUT2D eigenvalue weighted by atomic mass is 32.1. The highest BCUT2D eigenvalue weighted by molar-refractivity contribution is 7.80. The predicted octanol–water partition coefficient (Wildman–Crippen LogP) is 0.405. The predicted molar refractivity (Wildman–Crippen MR) is 42.7 cm³/mol. The van der Waals surface area contributed by atoms with E-state index in [4.69, 9.17) is 10.8 Å². The van der Waals surface area contributed by atoms with Crippen LogP contribution in [-0.2, 0) is 0 Å². The summed E-state index contributed by atoms with van der Waals surface area (Å²) in [6.07, 6.45) is 1.42. The van der Waals surface area contributed by atoms with Crippen LogP contribution < -0.4 is 5.73 Å². The Balaban J connectivity index is 3.06. The molecule has 0 aliphatic carbocycles. The molecule has 2 nitrogen and oxygen atoms in total. The van der Waals surface area contributed by atoms with Crippen LogP contribution in [0, 0.1) is 0 Å². The Hall–Kier alpha value is 0.270. The first-order valence-electron chi connectivity index (χ1n) is 3.21. The number of nitrogens with two attached hydrogens (primary N) is 1. The number of aliphatic hydroxyl groups is 1. The monoisotopic (exact) mass is 149 g/mol. The number of thiol groups is 1. The van der Waals surface area contributed by atoms with Gasteiger partial charge in [-0.25, -0.2) is 0 Å². The quantitative estimate of drug-likeness (QED) is 0.507. The Kier molecular flexibility index (Phi) is 5.24. The molecule has 56 valence electrons. The first-order valence-corrected chi connectivity index (χ1v) is 3.84. The second-order valence-electron chi connectivity index (χ2n) is 2.37. The lowest BCUT2D eigenvalue weighted by atomic mass is 10.1. The van der Waals surface area contributed by atoms with Crippen molar-refractivity contribution in [1.82, 2.24) is 0 Å². The summed E-state index contributed by atoms with van der Waals surface area (Å²) in [5.74, 6) is 0.701. The van der Waals surface area contributed by atoms with Crippen molar-refractivity contribution in [2.24, 2.45) is 5.73 Å². The van der Waals surface area contributed by atoms with Gasteiger partial charge in [0.25, 0.3) is 0 Å². The summed E-state index contributed by atoms with van der Waals surface area (Å²) < 4.78 is 0. The van der Waals surface area contributed by atoms with Crippen molar-refractivity contribution in [3.8, 4) is 0 Å². The molecule has 0 bridgehead atoms. The topological polar surface area (TPSA) is 46.2 Å². The van der Waals surface area contributed by atoms with Gasteiger partial charge in [0.15, 0.2) is 0 Å². The van der Waals surface area contributed by atoms with Crippen LogP contribution in [0.2, 0.25) is 0 Å². The van der Waals surface area contributed by atoms with E-state index in [9.17, 15) is 0 Å². The normalized spacial score (nSPS) is 17.3. The van der Waals surface area contributed by atoms with E-state index in [0.717, 1.165) is 12.8 Å². The van der Waals surface area contributed by atoms with Crippen molar-refractivity contribution < 1.29 is 5.11 Å². The SMILES string of the molecule is CC(O)CCC(N)CS. The Bertz CT molecular complexity index is 68.1. The average molecular weight is 149 g/mol. The first-order chi connectivity index (χ1) is 4.16. The van der Waals surface area contributed by atoms with Crippen molar-refractivity contribution >= 4 is 12.6 Å². The molecule has 0 saturated heterocycles. The highest BCUT2D eigenvalue weighted by Gasteiger charge is 2.01. The molecule has 2 unspecified atom stereocenters. The zero-order valence-corrected chi connectivity index (χ0v) is 6.64. The van der Waals surface area contributed by atoms with Gasteiger partial charge in [-0.3, -0.25) is 0 Å². The molecule has 3 heteroatoms. The van der Waals surface area contributed by atoms with Gasteiger partial charge in [-0.05, 0) is 19.8 Å². The molecule has 0 heterocycles. The summed E-state index contributed by atoms with van der Waals surface area (Å²) in [5.41, 5.74) is 5.53. The molecule has 3 N–H and O–H groups in total. The van der Waals surface area contributed by atoms with Gasteiger partial charge in [0.1, 0.15) is 0 Å². The van der Waals surface area contributed by atoms with Gasteiger partial charge in [-0.2, -0.15) is 12.6 Å². The molecule has 0 rings (SSSR count). The van der Waals surface area contributed by atoms with Crippen LogP contribution in [0.15, 0.2) is 0 Å². The van der Waals surface area contributed by atoms with Gasteiger partial charge >= 0.3 is 0 Å². The van der Waals surface area contributed by atoms with E-state index < -0.39 is 0 Å². The first kappa shape index (κ1) is 9.27. The summed E-state index contributed by atoms with van der Waals surface area (Å²) in [6.45, 7) is 1.77. The molecule has 0 spiro atoms. The van der Waals surface area contributed by atoms with Gasteiger partial charge in [-0.1, -0.05) is 0 Å². The van der Waals surface area contributed by atoms with Gasteiger partial charge in [0.05, 0.1) is 6.10 Å². The van der Waals surface area contributed by atoms with Gasteiger partial charge in [0.2, 0.25) is 0 Å².